The van der Waals surface area contributed by atoms with Gasteiger partial charge in [-0.25, -0.2) is 4.79 Å². The van der Waals surface area contributed by atoms with Crippen molar-refractivity contribution < 1.29 is 14.6 Å². The van der Waals surface area contributed by atoms with Gasteiger partial charge in [0.05, 0.1) is 11.6 Å². The molecule has 0 unspecified atom stereocenters. The van der Waals surface area contributed by atoms with Crippen LogP contribution in [0, 0.1) is 0 Å². The molecule has 0 spiro atoms. The van der Waals surface area contributed by atoms with Gasteiger partial charge in [0.2, 0.25) is 0 Å². The molecule has 0 fully saturated rings. The maximum Gasteiger partial charge on any atom is 0.339 e. The van der Waals surface area contributed by atoms with Gasteiger partial charge in [-0.1, -0.05) is 68.7 Å². The molecule has 0 radical (unpaired) electrons. The van der Waals surface area contributed by atoms with E-state index in [0.717, 1.165) is 12.8 Å². The average Bonchev–Trinajstić information content (AvgIpc) is 2.43. The minimum atomic E-state index is -1.09. The Hall–Kier alpha value is -0.930. The summed E-state index contributed by atoms with van der Waals surface area (Å²) < 4.78 is 5.54. The van der Waals surface area contributed by atoms with Crippen LogP contribution in [0.5, 0.6) is 5.75 Å². The molecule has 0 saturated carbocycles. The number of rotatable bonds is 10. The molecule has 1 rings (SSSR count). The van der Waals surface area contributed by atoms with Crippen molar-refractivity contribution in [1.82, 2.24) is 0 Å². The number of carboxylic acid groups (broad SMARTS) is 1. The van der Waals surface area contributed by atoms with E-state index in [-0.39, 0.29) is 16.3 Å². The van der Waals surface area contributed by atoms with Gasteiger partial charge < -0.3 is 9.84 Å². The fourth-order valence-electron chi connectivity index (χ4n) is 2.10. The smallest absolute Gasteiger partial charge is 0.339 e. The van der Waals surface area contributed by atoms with Gasteiger partial charge >= 0.3 is 5.97 Å². The van der Waals surface area contributed by atoms with Crippen LogP contribution >= 0.6 is 23.2 Å². The summed E-state index contributed by atoms with van der Waals surface area (Å²) in [5.74, 6) is -0.881. The molecule has 0 heterocycles. The fraction of sp³-hybridized carbons (Fsp3) is 0.562. The van der Waals surface area contributed by atoms with Crippen LogP contribution in [-0.2, 0) is 0 Å². The maximum atomic E-state index is 11.2. The molecule has 0 aromatic heterocycles. The third kappa shape index (κ3) is 6.58. The predicted octanol–water partition coefficient (Wildman–Crippen LogP) is 5.82. The topological polar surface area (TPSA) is 46.5 Å². The molecule has 118 valence electrons. The highest BCUT2D eigenvalue weighted by molar-refractivity contribution is 6.36. The second-order valence-corrected chi connectivity index (χ2v) is 5.88. The minimum Gasteiger partial charge on any atom is -0.491 e. The van der Waals surface area contributed by atoms with Crippen LogP contribution in [-0.4, -0.2) is 17.7 Å². The van der Waals surface area contributed by atoms with Crippen molar-refractivity contribution in [2.75, 3.05) is 6.61 Å². The van der Waals surface area contributed by atoms with Crippen LogP contribution in [0.2, 0.25) is 10.0 Å². The molecule has 1 aromatic carbocycles. The summed E-state index contributed by atoms with van der Waals surface area (Å²) in [7, 11) is 0. The Morgan fingerprint density at radius 1 is 1.10 bits per heavy atom. The van der Waals surface area contributed by atoms with Crippen LogP contribution in [0.25, 0.3) is 0 Å². The molecule has 1 aromatic rings. The first-order valence-electron chi connectivity index (χ1n) is 7.41. The zero-order chi connectivity index (χ0) is 15.7. The lowest BCUT2D eigenvalue weighted by Gasteiger charge is -2.11. The second-order valence-electron chi connectivity index (χ2n) is 5.04. The first kappa shape index (κ1) is 18.1. The highest BCUT2D eigenvalue weighted by Gasteiger charge is 2.16. The third-order valence-corrected chi connectivity index (χ3v) is 3.73. The number of hydrogen-bond donors (Lipinski definition) is 1. The molecule has 0 amide bonds. The van der Waals surface area contributed by atoms with E-state index in [1.807, 2.05) is 0 Å². The standard InChI is InChI=1S/C16H22Cl2O3/c1-2-3-4-5-6-7-8-9-21-15-13(16(19)20)10-12(17)11-14(15)18/h10-11H,2-9H2,1H3,(H,19,20). The summed E-state index contributed by atoms with van der Waals surface area (Å²) in [5, 5.41) is 9.67. The van der Waals surface area contributed by atoms with E-state index in [9.17, 15) is 4.79 Å². The summed E-state index contributed by atoms with van der Waals surface area (Å²) in [6, 6.07) is 2.85. The largest absolute Gasteiger partial charge is 0.491 e. The molecular weight excluding hydrogens is 311 g/mol. The van der Waals surface area contributed by atoms with E-state index in [2.05, 4.69) is 6.92 Å². The highest BCUT2D eigenvalue weighted by atomic mass is 35.5. The van der Waals surface area contributed by atoms with Crippen molar-refractivity contribution in [1.29, 1.82) is 0 Å². The number of carbonyl (C=O) groups is 1. The van der Waals surface area contributed by atoms with Gasteiger partial charge in [-0.05, 0) is 18.6 Å². The summed E-state index contributed by atoms with van der Waals surface area (Å²) in [6.45, 7) is 2.67. The van der Waals surface area contributed by atoms with E-state index in [1.165, 1.54) is 44.2 Å². The van der Waals surface area contributed by atoms with Gasteiger partial charge in [0.15, 0.2) is 5.75 Å². The van der Waals surface area contributed by atoms with E-state index >= 15 is 0 Å². The normalized spacial score (nSPS) is 10.6. The summed E-state index contributed by atoms with van der Waals surface area (Å²) >= 11 is 11.8. The van der Waals surface area contributed by atoms with E-state index in [1.54, 1.807) is 0 Å². The lowest BCUT2D eigenvalue weighted by Crippen LogP contribution is -2.05. The number of unbranched alkanes of at least 4 members (excludes halogenated alkanes) is 6. The second kappa shape index (κ2) is 9.91. The summed E-state index contributed by atoms with van der Waals surface area (Å²) in [4.78, 5) is 11.2. The third-order valence-electron chi connectivity index (χ3n) is 3.23. The van der Waals surface area contributed by atoms with Gasteiger partial charge in [-0.3, -0.25) is 0 Å². The van der Waals surface area contributed by atoms with Gasteiger partial charge in [0, 0.05) is 5.02 Å². The first-order valence-corrected chi connectivity index (χ1v) is 8.17. The Bertz CT molecular complexity index is 461. The van der Waals surface area contributed by atoms with Crippen molar-refractivity contribution in [3.05, 3.63) is 27.7 Å². The van der Waals surface area contributed by atoms with Crippen LogP contribution in [0.3, 0.4) is 0 Å². The van der Waals surface area contributed by atoms with Crippen molar-refractivity contribution in [3.8, 4) is 5.75 Å². The Kier molecular flexibility index (Phi) is 8.55. The molecule has 0 aliphatic rings. The number of benzene rings is 1. The van der Waals surface area contributed by atoms with Gasteiger partial charge in [-0.2, -0.15) is 0 Å². The fourth-order valence-corrected chi connectivity index (χ4v) is 2.65. The Morgan fingerprint density at radius 3 is 2.33 bits per heavy atom. The number of ether oxygens (including phenoxy) is 1. The van der Waals surface area contributed by atoms with Crippen LogP contribution in [0.1, 0.15) is 62.2 Å². The molecular formula is C16H22Cl2O3. The SMILES string of the molecule is CCCCCCCCCOc1c(Cl)cc(Cl)cc1C(=O)O. The van der Waals surface area contributed by atoms with Crippen molar-refractivity contribution in [2.24, 2.45) is 0 Å². The number of halogens is 2. The monoisotopic (exact) mass is 332 g/mol. The van der Waals surface area contributed by atoms with E-state index in [0.29, 0.717) is 11.6 Å². The lowest BCUT2D eigenvalue weighted by molar-refractivity contribution is 0.0692. The predicted molar refractivity (Wildman–Crippen MR) is 86.9 cm³/mol. The molecule has 0 aliphatic carbocycles. The van der Waals surface area contributed by atoms with Crippen LogP contribution in [0.15, 0.2) is 12.1 Å². The number of aromatic carboxylic acids is 1. The molecule has 1 N–H and O–H groups in total. The molecule has 0 saturated heterocycles. The van der Waals surface area contributed by atoms with Crippen LogP contribution < -0.4 is 4.74 Å². The Balaban J connectivity index is 2.40. The quantitative estimate of drug-likeness (QED) is 0.549. The van der Waals surface area contributed by atoms with Crippen LogP contribution in [0.4, 0.5) is 0 Å². The van der Waals surface area contributed by atoms with Gasteiger partial charge in [-0.15, -0.1) is 0 Å². The molecule has 21 heavy (non-hydrogen) atoms. The first-order chi connectivity index (χ1) is 10.1. The highest BCUT2D eigenvalue weighted by Crippen LogP contribution is 2.32. The van der Waals surface area contributed by atoms with E-state index < -0.39 is 5.97 Å². The van der Waals surface area contributed by atoms with Crippen molar-refractivity contribution in [2.45, 2.75) is 51.9 Å². The van der Waals surface area contributed by atoms with Gasteiger partial charge in [0.25, 0.3) is 0 Å². The van der Waals surface area contributed by atoms with Crippen molar-refractivity contribution >= 4 is 29.2 Å². The zero-order valence-electron chi connectivity index (χ0n) is 12.3. The van der Waals surface area contributed by atoms with Gasteiger partial charge in [0.1, 0.15) is 5.56 Å². The molecule has 5 heteroatoms. The number of hydrogen-bond acceptors (Lipinski definition) is 2. The molecule has 0 aliphatic heterocycles. The average molecular weight is 333 g/mol. The summed E-state index contributed by atoms with van der Waals surface area (Å²) in [5.41, 5.74) is 0.00967. The molecule has 0 atom stereocenters. The van der Waals surface area contributed by atoms with Crippen molar-refractivity contribution in [3.63, 3.8) is 0 Å². The van der Waals surface area contributed by atoms with E-state index in [4.69, 9.17) is 33.0 Å². The minimum absolute atomic E-state index is 0.00967. The number of carboxylic acids is 1. The summed E-state index contributed by atoms with van der Waals surface area (Å²) in [6.07, 6.45) is 8.22. The molecule has 3 nitrogen and oxygen atoms in total. The Morgan fingerprint density at radius 2 is 1.71 bits per heavy atom. The maximum absolute atomic E-state index is 11.2. The Labute approximate surface area is 136 Å². The lowest BCUT2D eigenvalue weighted by atomic mass is 10.1. The zero-order valence-corrected chi connectivity index (χ0v) is 13.8. The molecule has 0 bridgehead atoms.